The predicted octanol–water partition coefficient (Wildman–Crippen LogP) is 2.39. The first-order chi connectivity index (χ1) is 8.69. The number of aliphatic hydroxyl groups excluding tert-OH is 1. The Morgan fingerprint density at radius 1 is 1.39 bits per heavy atom. The average molecular weight is 244 g/mol. The van der Waals surface area contributed by atoms with E-state index in [0.717, 1.165) is 18.4 Å². The van der Waals surface area contributed by atoms with Crippen molar-refractivity contribution in [3.8, 4) is 6.07 Å². The third-order valence-electron chi connectivity index (χ3n) is 4.07. The number of hydrogen-bond donors (Lipinski definition) is 2. The van der Waals surface area contributed by atoms with Crippen molar-refractivity contribution in [3.63, 3.8) is 0 Å². The molecule has 1 saturated carbocycles. The van der Waals surface area contributed by atoms with Crippen LogP contribution in [0, 0.1) is 16.7 Å². The quantitative estimate of drug-likeness (QED) is 0.836. The Kier molecular flexibility index (Phi) is 4.00. The summed E-state index contributed by atoms with van der Waals surface area (Å²) in [7, 11) is 0. The van der Waals surface area contributed by atoms with Gasteiger partial charge in [-0.3, -0.25) is 5.32 Å². The van der Waals surface area contributed by atoms with Crippen LogP contribution in [-0.2, 0) is 0 Å². The largest absolute Gasteiger partial charge is 0.394 e. The molecule has 0 heterocycles. The van der Waals surface area contributed by atoms with Crippen molar-refractivity contribution >= 4 is 0 Å². The van der Waals surface area contributed by atoms with Crippen molar-refractivity contribution in [1.82, 2.24) is 5.32 Å². The smallest absolute Gasteiger partial charge is 0.101 e. The van der Waals surface area contributed by atoms with Gasteiger partial charge in [0, 0.05) is 0 Å². The molecule has 1 aromatic carbocycles. The molecular weight excluding hydrogens is 224 g/mol. The second-order valence-corrected chi connectivity index (χ2v) is 5.38. The summed E-state index contributed by atoms with van der Waals surface area (Å²) < 4.78 is 0. The third kappa shape index (κ3) is 2.55. The van der Waals surface area contributed by atoms with E-state index in [0.29, 0.717) is 0 Å². The Bertz CT molecular complexity index is 420. The highest BCUT2D eigenvalue weighted by atomic mass is 16.3. The van der Waals surface area contributed by atoms with E-state index < -0.39 is 0 Å². The maximum atomic E-state index is 9.51. The molecule has 3 nitrogen and oxygen atoms in total. The summed E-state index contributed by atoms with van der Waals surface area (Å²) >= 11 is 0. The summed E-state index contributed by atoms with van der Waals surface area (Å²) in [6.07, 6.45) is 3.38. The van der Waals surface area contributed by atoms with E-state index in [2.05, 4.69) is 18.3 Å². The number of nitrogens with zero attached hydrogens (tertiary/aromatic N) is 1. The van der Waals surface area contributed by atoms with Gasteiger partial charge in [0.2, 0.25) is 0 Å². The summed E-state index contributed by atoms with van der Waals surface area (Å²) in [5, 5.41) is 22.1. The van der Waals surface area contributed by atoms with Crippen molar-refractivity contribution in [2.24, 2.45) is 5.41 Å². The number of benzene rings is 1. The second kappa shape index (κ2) is 5.51. The topological polar surface area (TPSA) is 56.0 Å². The molecule has 0 saturated heterocycles. The number of hydrogen-bond acceptors (Lipinski definition) is 3. The maximum absolute atomic E-state index is 9.51. The van der Waals surface area contributed by atoms with Crippen LogP contribution in [0.25, 0.3) is 0 Å². The Morgan fingerprint density at radius 3 is 2.50 bits per heavy atom. The first-order valence-corrected chi connectivity index (χ1v) is 6.51. The minimum atomic E-state index is -0.191. The molecule has 3 heteroatoms. The van der Waals surface area contributed by atoms with E-state index >= 15 is 0 Å². The first-order valence-electron chi connectivity index (χ1n) is 6.51. The molecule has 1 aliphatic carbocycles. The lowest BCUT2D eigenvalue weighted by molar-refractivity contribution is 0.108. The van der Waals surface area contributed by atoms with Gasteiger partial charge in [0.15, 0.2) is 0 Å². The fourth-order valence-corrected chi connectivity index (χ4v) is 2.56. The van der Waals surface area contributed by atoms with Crippen LogP contribution in [-0.4, -0.2) is 17.8 Å². The maximum Gasteiger partial charge on any atom is 0.101 e. The predicted molar refractivity (Wildman–Crippen MR) is 70.8 cm³/mol. The lowest BCUT2D eigenvalue weighted by Gasteiger charge is -2.43. The van der Waals surface area contributed by atoms with E-state index in [1.807, 2.05) is 30.3 Å². The molecule has 1 aliphatic rings. The molecule has 0 unspecified atom stereocenters. The van der Waals surface area contributed by atoms with Gasteiger partial charge in [0.25, 0.3) is 0 Å². The van der Waals surface area contributed by atoms with Crippen molar-refractivity contribution in [2.75, 3.05) is 6.61 Å². The monoisotopic (exact) mass is 244 g/mol. The number of rotatable bonds is 5. The van der Waals surface area contributed by atoms with Gasteiger partial charge in [-0.25, -0.2) is 0 Å². The van der Waals surface area contributed by atoms with E-state index in [1.54, 1.807) is 0 Å². The number of nitriles is 1. The molecule has 1 aromatic rings. The molecule has 0 radical (unpaired) electrons. The van der Waals surface area contributed by atoms with Gasteiger partial charge in [-0.15, -0.1) is 0 Å². The highest BCUT2D eigenvalue weighted by molar-refractivity contribution is 5.20. The fraction of sp³-hybridized carbons (Fsp3) is 0.533. The molecule has 2 atom stereocenters. The van der Waals surface area contributed by atoms with Gasteiger partial charge in [-0.1, -0.05) is 43.7 Å². The van der Waals surface area contributed by atoms with Gasteiger partial charge in [-0.05, 0) is 23.8 Å². The SMILES string of the molecule is CC1([C@@H](C#N)N[C@@H](CO)c2ccccc2)CCC1. The van der Waals surface area contributed by atoms with E-state index in [-0.39, 0.29) is 24.1 Å². The highest BCUT2D eigenvalue weighted by Gasteiger charge is 2.40. The van der Waals surface area contributed by atoms with Gasteiger partial charge in [0.1, 0.15) is 6.04 Å². The molecular formula is C15H20N2O. The Morgan fingerprint density at radius 2 is 2.06 bits per heavy atom. The van der Waals surface area contributed by atoms with Crippen LogP contribution in [0.5, 0.6) is 0 Å². The zero-order chi connectivity index (χ0) is 13.0. The molecule has 18 heavy (non-hydrogen) atoms. The van der Waals surface area contributed by atoms with Crippen LogP contribution < -0.4 is 5.32 Å². The molecule has 0 bridgehead atoms. The van der Waals surface area contributed by atoms with Gasteiger partial charge >= 0.3 is 0 Å². The zero-order valence-corrected chi connectivity index (χ0v) is 10.8. The summed E-state index contributed by atoms with van der Waals surface area (Å²) in [5.41, 5.74) is 1.10. The van der Waals surface area contributed by atoms with Crippen molar-refractivity contribution in [3.05, 3.63) is 35.9 Å². The summed E-state index contributed by atoms with van der Waals surface area (Å²) in [6.45, 7) is 2.16. The van der Waals surface area contributed by atoms with Crippen molar-refractivity contribution in [1.29, 1.82) is 5.26 Å². The molecule has 0 aliphatic heterocycles. The standard InChI is InChI=1S/C15H20N2O/c1-15(8-5-9-15)14(10-16)17-13(11-18)12-6-3-2-4-7-12/h2-4,6-7,13-14,17-18H,5,8-9,11H2,1H3/t13-,14+/m0/s1. The summed E-state index contributed by atoms with van der Waals surface area (Å²) in [5.74, 6) is 0. The second-order valence-electron chi connectivity index (χ2n) is 5.38. The van der Waals surface area contributed by atoms with Crippen molar-refractivity contribution < 1.29 is 5.11 Å². The molecule has 1 fully saturated rings. The minimum absolute atomic E-state index is 0.0122. The Hall–Kier alpha value is -1.37. The van der Waals surface area contributed by atoms with Gasteiger partial charge in [-0.2, -0.15) is 5.26 Å². The van der Waals surface area contributed by atoms with Crippen LogP contribution in [0.1, 0.15) is 37.8 Å². The van der Waals surface area contributed by atoms with E-state index in [9.17, 15) is 10.4 Å². The molecule has 0 spiro atoms. The van der Waals surface area contributed by atoms with Crippen LogP contribution in [0.3, 0.4) is 0 Å². The van der Waals surface area contributed by atoms with Gasteiger partial charge in [0.05, 0.1) is 18.7 Å². The average Bonchev–Trinajstić information content (AvgIpc) is 2.38. The Labute approximate surface area is 108 Å². The number of aliphatic hydroxyl groups is 1. The van der Waals surface area contributed by atoms with Gasteiger partial charge < -0.3 is 5.11 Å². The van der Waals surface area contributed by atoms with Crippen LogP contribution in [0.15, 0.2) is 30.3 Å². The molecule has 96 valence electrons. The minimum Gasteiger partial charge on any atom is -0.394 e. The van der Waals surface area contributed by atoms with Crippen molar-refractivity contribution in [2.45, 2.75) is 38.3 Å². The van der Waals surface area contributed by atoms with E-state index in [4.69, 9.17) is 0 Å². The number of nitrogens with one attached hydrogen (secondary N) is 1. The summed E-state index contributed by atoms with van der Waals surface area (Å²) in [4.78, 5) is 0. The molecule has 0 amide bonds. The van der Waals surface area contributed by atoms with Crippen LogP contribution in [0.2, 0.25) is 0 Å². The first kappa shape index (κ1) is 13.1. The lowest BCUT2D eigenvalue weighted by atomic mass is 9.65. The lowest BCUT2D eigenvalue weighted by Crippen LogP contribution is -2.48. The highest BCUT2D eigenvalue weighted by Crippen LogP contribution is 2.43. The van der Waals surface area contributed by atoms with E-state index in [1.165, 1.54) is 6.42 Å². The molecule has 2 rings (SSSR count). The Balaban J connectivity index is 2.08. The molecule has 0 aromatic heterocycles. The normalized spacial score (nSPS) is 20.5. The molecule has 2 N–H and O–H groups in total. The van der Waals surface area contributed by atoms with Crippen LogP contribution in [0.4, 0.5) is 0 Å². The fourth-order valence-electron chi connectivity index (χ4n) is 2.56. The zero-order valence-electron chi connectivity index (χ0n) is 10.8. The summed E-state index contributed by atoms with van der Waals surface area (Å²) in [6, 6.07) is 11.8. The van der Waals surface area contributed by atoms with Crippen LogP contribution >= 0.6 is 0 Å². The third-order valence-corrected chi connectivity index (χ3v) is 4.07.